The number of carbonyl (C=O) groups is 2. The first kappa shape index (κ1) is 16.5. The van der Waals surface area contributed by atoms with Gasteiger partial charge in [0.25, 0.3) is 5.91 Å². The van der Waals surface area contributed by atoms with Gasteiger partial charge in [-0.3, -0.25) is 9.59 Å². The van der Waals surface area contributed by atoms with Gasteiger partial charge in [0.15, 0.2) is 0 Å². The van der Waals surface area contributed by atoms with Gasteiger partial charge in [0, 0.05) is 19.3 Å². The second kappa shape index (κ2) is 6.61. The SMILES string of the molecule is Cc1cccc(C(=O)N(C)C2CCN(c3ccccc3Cl)C2=O)n1. The van der Waals surface area contributed by atoms with Crippen LogP contribution < -0.4 is 4.90 Å². The minimum atomic E-state index is -0.504. The Morgan fingerprint density at radius 2 is 2.00 bits per heavy atom. The Bertz CT molecular complexity index is 793. The first-order chi connectivity index (χ1) is 11.5. The first-order valence-electron chi connectivity index (χ1n) is 7.76. The molecule has 0 radical (unpaired) electrons. The van der Waals surface area contributed by atoms with Crippen molar-refractivity contribution in [3.63, 3.8) is 0 Å². The molecule has 2 amide bonds. The highest BCUT2D eigenvalue weighted by Gasteiger charge is 2.38. The average Bonchev–Trinajstić information content (AvgIpc) is 2.95. The van der Waals surface area contributed by atoms with E-state index in [-0.39, 0.29) is 11.8 Å². The van der Waals surface area contributed by atoms with Crippen LogP contribution in [0, 0.1) is 6.92 Å². The molecular formula is C18H18ClN3O2. The molecular weight excluding hydrogens is 326 g/mol. The number of aryl methyl sites for hydroxylation is 1. The van der Waals surface area contributed by atoms with Gasteiger partial charge in [-0.25, -0.2) is 4.98 Å². The fraction of sp³-hybridized carbons (Fsp3) is 0.278. The number of aromatic nitrogens is 1. The Morgan fingerprint density at radius 1 is 1.25 bits per heavy atom. The number of anilines is 1. The molecule has 124 valence electrons. The molecule has 0 bridgehead atoms. The van der Waals surface area contributed by atoms with Crippen LogP contribution in [0.2, 0.25) is 5.02 Å². The summed E-state index contributed by atoms with van der Waals surface area (Å²) in [5.41, 5.74) is 1.80. The van der Waals surface area contributed by atoms with Gasteiger partial charge in [-0.1, -0.05) is 29.8 Å². The second-order valence-corrected chi connectivity index (χ2v) is 6.23. The van der Waals surface area contributed by atoms with Crippen molar-refractivity contribution in [3.05, 3.63) is 58.9 Å². The standard InChI is InChI=1S/C18H18ClN3O2/c1-12-6-5-8-14(20-12)17(23)21(2)16-10-11-22(18(16)24)15-9-4-3-7-13(15)19/h3-9,16H,10-11H2,1-2H3. The summed E-state index contributed by atoms with van der Waals surface area (Å²) in [5.74, 6) is -0.371. The Balaban J connectivity index is 1.80. The first-order valence-corrected chi connectivity index (χ1v) is 8.13. The summed E-state index contributed by atoms with van der Waals surface area (Å²) in [5, 5.41) is 0.529. The van der Waals surface area contributed by atoms with Crippen LogP contribution in [0.5, 0.6) is 0 Å². The quantitative estimate of drug-likeness (QED) is 0.861. The molecule has 6 heteroatoms. The van der Waals surface area contributed by atoms with E-state index < -0.39 is 6.04 Å². The van der Waals surface area contributed by atoms with Gasteiger partial charge in [-0.15, -0.1) is 0 Å². The van der Waals surface area contributed by atoms with Crippen LogP contribution in [0.1, 0.15) is 22.6 Å². The van der Waals surface area contributed by atoms with Crippen molar-refractivity contribution < 1.29 is 9.59 Å². The van der Waals surface area contributed by atoms with Crippen LogP contribution >= 0.6 is 11.6 Å². The summed E-state index contributed by atoms with van der Waals surface area (Å²) in [6.45, 7) is 2.36. The van der Waals surface area contributed by atoms with Crippen LogP contribution in [0.3, 0.4) is 0 Å². The maximum Gasteiger partial charge on any atom is 0.272 e. The molecule has 1 unspecified atom stereocenters. The van der Waals surface area contributed by atoms with Crippen molar-refractivity contribution in [1.29, 1.82) is 0 Å². The maximum atomic E-state index is 12.8. The molecule has 2 aromatic rings. The maximum absolute atomic E-state index is 12.8. The van der Waals surface area contributed by atoms with Gasteiger partial charge in [0.2, 0.25) is 5.91 Å². The van der Waals surface area contributed by atoms with Crippen molar-refractivity contribution in [3.8, 4) is 0 Å². The van der Waals surface area contributed by atoms with Crippen LogP contribution in [0.4, 0.5) is 5.69 Å². The van der Waals surface area contributed by atoms with Gasteiger partial charge >= 0.3 is 0 Å². The summed E-state index contributed by atoms with van der Waals surface area (Å²) < 4.78 is 0. The molecule has 1 fully saturated rings. The number of hydrogen-bond donors (Lipinski definition) is 0. The highest BCUT2D eigenvalue weighted by Crippen LogP contribution is 2.30. The lowest BCUT2D eigenvalue weighted by Crippen LogP contribution is -2.43. The summed E-state index contributed by atoms with van der Waals surface area (Å²) >= 11 is 6.19. The molecule has 0 spiro atoms. The molecule has 0 aliphatic carbocycles. The Hall–Kier alpha value is -2.40. The summed E-state index contributed by atoms with van der Waals surface area (Å²) in [7, 11) is 1.64. The summed E-state index contributed by atoms with van der Waals surface area (Å²) in [6.07, 6.45) is 0.568. The van der Waals surface area contributed by atoms with Crippen LogP contribution in [0.25, 0.3) is 0 Å². The van der Waals surface area contributed by atoms with Crippen molar-refractivity contribution in [1.82, 2.24) is 9.88 Å². The zero-order valence-corrected chi connectivity index (χ0v) is 14.3. The number of rotatable bonds is 3. The molecule has 0 saturated carbocycles. The molecule has 1 saturated heterocycles. The number of pyridine rings is 1. The number of carbonyl (C=O) groups excluding carboxylic acids is 2. The molecule has 1 aromatic carbocycles. The van der Waals surface area contributed by atoms with E-state index in [1.54, 1.807) is 30.1 Å². The lowest BCUT2D eigenvalue weighted by Gasteiger charge is -2.24. The molecule has 3 rings (SSSR count). The Labute approximate surface area is 145 Å². The third-order valence-corrected chi connectivity index (χ3v) is 4.54. The van der Waals surface area contributed by atoms with E-state index >= 15 is 0 Å². The van der Waals surface area contributed by atoms with Crippen LogP contribution in [-0.2, 0) is 4.79 Å². The topological polar surface area (TPSA) is 53.5 Å². The van der Waals surface area contributed by atoms with E-state index in [2.05, 4.69) is 4.98 Å². The lowest BCUT2D eigenvalue weighted by molar-refractivity contribution is -0.120. The molecule has 0 N–H and O–H groups in total. The fourth-order valence-electron chi connectivity index (χ4n) is 2.92. The molecule has 1 atom stereocenters. The minimum absolute atomic E-state index is 0.119. The van der Waals surface area contributed by atoms with E-state index in [0.717, 1.165) is 5.69 Å². The van der Waals surface area contributed by atoms with Crippen molar-refractivity contribution in [2.24, 2.45) is 0 Å². The third kappa shape index (κ3) is 2.99. The highest BCUT2D eigenvalue weighted by molar-refractivity contribution is 6.34. The Kier molecular flexibility index (Phi) is 4.53. The number of benzene rings is 1. The summed E-state index contributed by atoms with van der Waals surface area (Å²) in [6, 6.07) is 12.0. The van der Waals surface area contributed by atoms with E-state index in [4.69, 9.17) is 11.6 Å². The number of nitrogens with zero attached hydrogens (tertiary/aromatic N) is 3. The van der Waals surface area contributed by atoms with Crippen molar-refractivity contribution >= 4 is 29.1 Å². The molecule has 1 aliphatic rings. The van der Waals surface area contributed by atoms with E-state index in [1.807, 2.05) is 31.2 Å². The van der Waals surface area contributed by atoms with Crippen LogP contribution in [-0.4, -0.2) is 41.3 Å². The number of amides is 2. The van der Waals surface area contributed by atoms with Gasteiger partial charge in [-0.2, -0.15) is 0 Å². The molecule has 24 heavy (non-hydrogen) atoms. The zero-order chi connectivity index (χ0) is 17.3. The largest absolute Gasteiger partial charge is 0.328 e. The average molecular weight is 344 g/mol. The van der Waals surface area contributed by atoms with Gasteiger partial charge in [-0.05, 0) is 37.6 Å². The van der Waals surface area contributed by atoms with E-state index in [0.29, 0.717) is 29.4 Å². The molecule has 1 aromatic heterocycles. The van der Waals surface area contributed by atoms with E-state index in [1.165, 1.54) is 4.90 Å². The summed E-state index contributed by atoms with van der Waals surface area (Å²) in [4.78, 5) is 32.7. The molecule has 5 nitrogen and oxygen atoms in total. The number of halogens is 1. The third-order valence-electron chi connectivity index (χ3n) is 4.22. The number of hydrogen-bond acceptors (Lipinski definition) is 3. The Morgan fingerprint density at radius 3 is 2.71 bits per heavy atom. The van der Waals surface area contributed by atoms with Crippen molar-refractivity contribution in [2.75, 3.05) is 18.5 Å². The zero-order valence-electron chi connectivity index (χ0n) is 13.6. The normalized spacial score (nSPS) is 17.2. The fourth-order valence-corrected chi connectivity index (χ4v) is 3.16. The minimum Gasteiger partial charge on any atom is -0.328 e. The monoisotopic (exact) mass is 343 g/mol. The highest BCUT2D eigenvalue weighted by atomic mass is 35.5. The van der Waals surface area contributed by atoms with Gasteiger partial charge in [0.05, 0.1) is 10.7 Å². The number of para-hydroxylation sites is 1. The van der Waals surface area contributed by atoms with Gasteiger partial charge < -0.3 is 9.80 Å². The molecule has 1 aliphatic heterocycles. The molecule has 2 heterocycles. The predicted molar refractivity (Wildman–Crippen MR) is 93.3 cm³/mol. The lowest BCUT2D eigenvalue weighted by atomic mass is 10.2. The predicted octanol–water partition coefficient (Wildman–Crippen LogP) is 2.92. The van der Waals surface area contributed by atoms with E-state index in [9.17, 15) is 9.59 Å². The van der Waals surface area contributed by atoms with Crippen LogP contribution in [0.15, 0.2) is 42.5 Å². The van der Waals surface area contributed by atoms with Crippen molar-refractivity contribution in [2.45, 2.75) is 19.4 Å². The van der Waals surface area contributed by atoms with Gasteiger partial charge in [0.1, 0.15) is 11.7 Å². The smallest absolute Gasteiger partial charge is 0.272 e. The second-order valence-electron chi connectivity index (χ2n) is 5.83. The number of likely N-dealkylation sites (N-methyl/N-ethyl adjacent to an activating group) is 1.